The zero-order valence-electron chi connectivity index (χ0n) is 16.7. The van der Waals surface area contributed by atoms with Crippen LogP contribution in [-0.2, 0) is 6.54 Å². The van der Waals surface area contributed by atoms with Gasteiger partial charge in [-0.05, 0) is 18.2 Å². The Morgan fingerprint density at radius 1 is 1.13 bits per heavy atom. The van der Waals surface area contributed by atoms with Gasteiger partial charge in [-0.3, -0.25) is 9.59 Å². The van der Waals surface area contributed by atoms with Crippen LogP contribution in [0.4, 0.5) is 11.4 Å². The molecule has 30 heavy (non-hydrogen) atoms. The Kier molecular flexibility index (Phi) is 4.09. The summed E-state index contributed by atoms with van der Waals surface area (Å²) in [5, 5.41) is 11.4. The lowest BCUT2D eigenvalue weighted by molar-refractivity contribution is 0.0982. The van der Waals surface area contributed by atoms with E-state index in [1.54, 1.807) is 17.0 Å². The first-order chi connectivity index (χ1) is 14.5. The van der Waals surface area contributed by atoms with Gasteiger partial charge in [-0.25, -0.2) is 0 Å². The number of pyridine rings is 1. The van der Waals surface area contributed by atoms with Crippen molar-refractivity contribution in [2.24, 2.45) is 0 Å². The highest BCUT2D eigenvalue weighted by Crippen LogP contribution is 2.39. The fourth-order valence-electron chi connectivity index (χ4n) is 4.25. The summed E-state index contributed by atoms with van der Waals surface area (Å²) in [5.41, 5.74) is 1.33. The first-order valence-electron chi connectivity index (χ1n) is 9.73. The van der Waals surface area contributed by atoms with Crippen molar-refractivity contribution in [1.29, 1.82) is 0 Å². The van der Waals surface area contributed by atoms with Crippen molar-refractivity contribution >= 4 is 28.2 Å². The number of carbonyl (C=O) groups excluding carboxylic acids is 1. The van der Waals surface area contributed by atoms with E-state index in [9.17, 15) is 14.7 Å². The summed E-state index contributed by atoms with van der Waals surface area (Å²) in [6.45, 7) is 1.63. The minimum absolute atomic E-state index is 0.233. The Hall–Kier alpha value is -3.68. The van der Waals surface area contributed by atoms with Gasteiger partial charge in [0, 0.05) is 31.6 Å². The number of carbonyl (C=O) groups is 1. The molecule has 0 spiro atoms. The molecule has 3 aromatic rings. The van der Waals surface area contributed by atoms with Crippen LogP contribution in [0.5, 0.6) is 17.2 Å². The number of hydrogen-bond donors (Lipinski definition) is 1. The molecule has 0 saturated heterocycles. The van der Waals surface area contributed by atoms with Gasteiger partial charge >= 0.3 is 0 Å². The first-order valence-corrected chi connectivity index (χ1v) is 9.73. The van der Waals surface area contributed by atoms with Crippen molar-refractivity contribution in [1.82, 2.24) is 4.57 Å². The smallest absolute Gasteiger partial charge is 0.267 e. The molecule has 3 heterocycles. The molecule has 8 nitrogen and oxygen atoms in total. The van der Waals surface area contributed by atoms with Crippen LogP contribution < -0.4 is 24.8 Å². The summed E-state index contributed by atoms with van der Waals surface area (Å²) in [5.74, 6) is 0.0630. The van der Waals surface area contributed by atoms with E-state index in [1.165, 1.54) is 11.7 Å². The number of methoxy groups -OCH3 is 1. The molecule has 2 aliphatic rings. The summed E-state index contributed by atoms with van der Waals surface area (Å²) in [6.07, 6.45) is 0. The quantitative estimate of drug-likeness (QED) is 0.701. The van der Waals surface area contributed by atoms with Crippen molar-refractivity contribution in [3.8, 4) is 17.2 Å². The largest absolute Gasteiger partial charge is 0.506 e. The lowest BCUT2D eigenvalue weighted by Crippen LogP contribution is -2.45. The van der Waals surface area contributed by atoms with Crippen LogP contribution in [0.2, 0.25) is 0 Å². The van der Waals surface area contributed by atoms with Crippen molar-refractivity contribution in [3.63, 3.8) is 0 Å². The molecule has 0 aliphatic carbocycles. The standard InChI is InChI=1S/C22H21N3O5/c1-23-7-8-24(16-6-4-3-5-15(16)23)21(27)18-20(26)14-11-13(29-2)12-17-19(14)25(22(18)28)9-10-30-17/h3-6,11-12,26H,7-10H2,1-2H3. The zero-order chi connectivity index (χ0) is 21.0. The molecule has 0 fully saturated rings. The van der Waals surface area contributed by atoms with Crippen LogP contribution in [0.25, 0.3) is 10.9 Å². The number of ether oxygens (including phenoxy) is 2. The van der Waals surface area contributed by atoms with Crippen LogP contribution in [0, 0.1) is 0 Å². The molecule has 1 N–H and O–H groups in total. The monoisotopic (exact) mass is 407 g/mol. The van der Waals surface area contributed by atoms with Gasteiger partial charge in [0.1, 0.15) is 29.4 Å². The zero-order valence-corrected chi connectivity index (χ0v) is 16.7. The third-order valence-electron chi connectivity index (χ3n) is 5.78. The molecule has 2 aromatic carbocycles. The van der Waals surface area contributed by atoms with Crippen LogP contribution in [-0.4, -0.2) is 49.4 Å². The number of hydrogen-bond acceptors (Lipinski definition) is 6. The van der Waals surface area contributed by atoms with Crippen molar-refractivity contribution in [2.75, 3.05) is 43.7 Å². The van der Waals surface area contributed by atoms with Gasteiger partial charge in [-0.1, -0.05) is 12.1 Å². The van der Waals surface area contributed by atoms with Crippen LogP contribution in [0.3, 0.4) is 0 Å². The number of nitrogens with zero attached hydrogens (tertiary/aromatic N) is 3. The summed E-state index contributed by atoms with van der Waals surface area (Å²) >= 11 is 0. The molecule has 0 atom stereocenters. The van der Waals surface area contributed by atoms with Gasteiger partial charge in [-0.15, -0.1) is 0 Å². The van der Waals surface area contributed by atoms with Gasteiger partial charge in [0.25, 0.3) is 11.5 Å². The molecule has 8 heteroatoms. The Morgan fingerprint density at radius 2 is 1.90 bits per heavy atom. The fourth-order valence-corrected chi connectivity index (χ4v) is 4.25. The molecule has 0 radical (unpaired) electrons. The first kappa shape index (κ1) is 18.4. The molecular formula is C22H21N3O5. The number of aromatic nitrogens is 1. The van der Waals surface area contributed by atoms with Gasteiger partial charge in [0.15, 0.2) is 0 Å². The summed E-state index contributed by atoms with van der Waals surface area (Å²) in [4.78, 5) is 30.5. The molecule has 1 aromatic heterocycles. The topological polar surface area (TPSA) is 84.2 Å². The molecule has 0 saturated carbocycles. The predicted octanol–water partition coefficient (Wildman–Crippen LogP) is 2.20. The van der Waals surface area contributed by atoms with E-state index in [-0.39, 0.29) is 11.3 Å². The van der Waals surface area contributed by atoms with E-state index >= 15 is 0 Å². The van der Waals surface area contributed by atoms with Crippen molar-refractivity contribution < 1.29 is 19.4 Å². The average Bonchev–Trinajstić information content (AvgIpc) is 2.77. The number of amides is 1. The maximum atomic E-state index is 13.6. The van der Waals surface area contributed by atoms with Gasteiger partial charge in [0.05, 0.1) is 30.5 Å². The van der Waals surface area contributed by atoms with E-state index < -0.39 is 11.5 Å². The Morgan fingerprint density at radius 3 is 2.67 bits per heavy atom. The summed E-state index contributed by atoms with van der Waals surface area (Å²) in [6, 6.07) is 10.8. The maximum absolute atomic E-state index is 13.6. The number of benzene rings is 2. The SMILES string of the molecule is COc1cc2c3c(c1)c(O)c(C(=O)N1CCN(C)c4ccccc41)c(=O)n3CCO2. The summed E-state index contributed by atoms with van der Waals surface area (Å²) < 4.78 is 12.5. The predicted molar refractivity (Wildman–Crippen MR) is 113 cm³/mol. The lowest BCUT2D eigenvalue weighted by Gasteiger charge is -2.35. The average molecular weight is 407 g/mol. The van der Waals surface area contributed by atoms with Crippen LogP contribution in [0.15, 0.2) is 41.2 Å². The number of para-hydroxylation sites is 2. The highest BCUT2D eigenvalue weighted by molar-refractivity contribution is 6.12. The second-order valence-corrected chi connectivity index (χ2v) is 7.42. The number of fused-ring (bicyclic) bond motifs is 1. The lowest BCUT2D eigenvalue weighted by atomic mass is 10.1. The minimum Gasteiger partial charge on any atom is -0.506 e. The molecule has 5 rings (SSSR count). The molecule has 0 bridgehead atoms. The van der Waals surface area contributed by atoms with E-state index in [0.717, 1.165) is 5.69 Å². The van der Waals surface area contributed by atoms with Gasteiger partial charge in [-0.2, -0.15) is 0 Å². The molecule has 2 aliphatic heterocycles. The maximum Gasteiger partial charge on any atom is 0.267 e. The summed E-state index contributed by atoms with van der Waals surface area (Å²) in [7, 11) is 3.47. The second kappa shape index (κ2) is 6.69. The fraction of sp³-hybridized carbons (Fsp3) is 0.273. The third-order valence-corrected chi connectivity index (χ3v) is 5.78. The second-order valence-electron chi connectivity index (χ2n) is 7.42. The Labute approximate surface area is 172 Å². The van der Waals surface area contributed by atoms with E-state index in [2.05, 4.69) is 4.90 Å². The van der Waals surface area contributed by atoms with Crippen LogP contribution >= 0.6 is 0 Å². The Balaban J connectivity index is 1.74. The highest BCUT2D eigenvalue weighted by Gasteiger charge is 2.32. The normalized spacial score (nSPS) is 15.0. The van der Waals surface area contributed by atoms with Gasteiger partial charge < -0.3 is 28.9 Å². The van der Waals surface area contributed by atoms with Crippen molar-refractivity contribution in [2.45, 2.75) is 6.54 Å². The molecular weight excluding hydrogens is 386 g/mol. The number of rotatable bonds is 2. The number of aromatic hydroxyl groups is 1. The van der Waals surface area contributed by atoms with E-state index in [4.69, 9.17) is 9.47 Å². The Bertz CT molecular complexity index is 1250. The number of likely N-dealkylation sites (N-methyl/N-ethyl adjacent to an activating group) is 1. The van der Waals surface area contributed by atoms with Crippen molar-refractivity contribution in [3.05, 3.63) is 52.3 Å². The van der Waals surface area contributed by atoms with Crippen LogP contribution in [0.1, 0.15) is 10.4 Å². The molecule has 1 amide bonds. The van der Waals surface area contributed by atoms with Gasteiger partial charge in [0.2, 0.25) is 0 Å². The third kappa shape index (κ3) is 2.53. The van der Waals surface area contributed by atoms with E-state index in [0.29, 0.717) is 54.3 Å². The molecule has 154 valence electrons. The highest BCUT2D eigenvalue weighted by atomic mass is 16.5. The number of anilines is 2. The van der Waals surface area contributed by atoms with E-state index in [1.807, 2.05) is 31.3 Å². The minimum atomic E-state index is -0.517. The molecule has 0 unspecified atom stereocenters.